The summed E-state index contributed by atoms with van der Waals surface area (Å²) in [4.78, 5) is 2.16. The van der Waals surface area contributed by atoms with Gasteiger partial charge in [-0.05, 0) is 18.9 Å². The lowest BCUT2D eigenvalue weighted by molar-refractivity contribution is -0.308. The van der Waals surface area contributed by atoms with Crippen LogP contribution in [-0.4, -0.2) is 92.3 Å². The molecule has 162 valence electrons. The van der Waals surface area contributed by atoms with Crippen molar-refractivity contribution in [2.45, 2.75) is 68.3 Å². The summed E-state index contributed by atoms with van der Waals surface area (Å²) < 4.78 is 5.66. The van der Waals surface area contributed by atoms with Crippen molar-refractivity contribution in [1.29, 1.82) is 0 Å². The number of nitrogens with zero attached hydrogens (tertiary/aromatic N) is 1. The van der Waals surface area contributed by atoms with Gasteiger partial charge >= 0.3 is 0 Å². The van der Waals surface area contributed by atoms with E-state index in [0.29, 0.717) is 19.5 Å². The molecule has 0 aromatic carbocycles. The van der Waals surface area contributed by atoms with Crippen molar-refractivity contribution in [2.75, 3.05) is 20.2 Å². The second-order valence-electron chi connectivity index (χ2n) is 10.9. The van der Waals surface area contributed by atoms with Crippen LogP contribution in [0.3, 0.4) is 0 Å². The standard InChI is InChI=1S/C22H33NO6/c1-4-23-9-19(2)6-5-13(24)21-11-7-10-12(29-3)8-20(27,14(11)15(10)25)22(28,18(21)23)17(26)16(19)21/h5-6,10-18,24-28H,4,7-9H2,1-3H3/t10-,11-,12+,13+,14-,15+,16-,17+,18+,19+,20-,21+,22+/m1/s1. The van der Waals surface area contributed by atoms with E-state index in [2.05, 4.69) is 11.8 Å². The van der Waals surface area contributed by atoms with Crippen molar-refractivity contribution in [2.24, 2.45) is 34.5 Å². The number of fused-ring (bicyclic) bond motifs is 2. The van der Waals surface area contributed by atoms with E-state index in [1.165, 1.54) is 0 Å². The van der Waals surface area contributed by atoms with Crippen molar-refractivity contribution >= 4 is 0 Å². The van der Waals surface area contributed by atoms with Crippen LogP contribution >= 0.6 is 0 Å². The summed E-state index contributed by atoms with van der Waals surface area (Å²) in [6.45, 7) is 5.43. The lowest BCUT2D eigenvalue weighted by Crippen LogP contribution is -2.81. The molecule has 4 saturated carbocycles. The topological polar surface area (TPSA) is 114 Å². The molecule has 5 N–H and O–H groups in total. The third kappa shape index (κ3) is 1.63. The summed E-state index contributed by atoms with van der Waals surface area (Å²) >= 11 is 0. The number of piperidine rings is 1. The summed E-state index contributed by atoms with van der Waals surface area (Å²) in [5.74, 6) is -1.29. The molecule has 0 radical (unpaired) electrons. The first-order chi connectivity index (χ1) is 13.6. The van der Waals surface area contributed by atoms with Crippen molar-refractivity contribution in [1.82, 2.24) is 4.90 Å². The van der Waals surface area contributed by atoms with Gasteiger partial charge in [-0.3, -0.25) is 4.90 Å². The molecular formula is C22H33NO6. The quantitative estimate of drug-likeness (QED) is 0.378. The number of methoxy groups -OCH3 is 1. The average Bonchev–Trinajstić information content (AvgIpc) is 3.04. The zero-order chi connectivity index (χ0) is 20.7. The van der Waals surface area contributed by atoms with Crippen LogP contribution in [0.2, 0.25) is 0 Å². The normalized spacial score (nSPS) is 67.1. The predicted octanol–water partition coefficient (Wildman–Crippen LogP) is -0.888. The van der Waals surface area contributed by atoms with Gasteiger partial charge in [-0.1, -0.05) is 26.0 Å². The van der Waals surface area contributed by atoms with Gasteiger partial charge in [0.25, 0.3) is 0 Å². The third-order valence-electron chi connectivity index (χ3n) is 10.3. The van der Waals surface area contributed by atoms with Crippen LogP contribution in [0.4, 0.5) is 0 Å². The molecule has 0 aromatic heterocycles. The van der Waals surface area contributed by atoms with Crippen LogP contribution in [-0.2, 0) is 4.74 Å². The lowest BCUT2D eigenvalue weighted by Gasteiger charge is -2.68. The summed E-state index contributed by atoms with van der Waals surface area (Å²) in [7, 11) is 1.58. The van der Waals surface area contributed by atoms with Crippen LogP contribution in [0.1, 0.15) is 26.7 Å². The van der Waals surface area contributed by atoms with Crippen molar-refractivity contribution in [3.63, 3.8) is 0 Å². The van der Waals surface area contributed by atoms with E-state index >= 15 is 0 Å². The number of likely N-dealkylation sites (N-methyl/N-ethyl adjacent to an activating group) is 1. The fraction of sp³-hybridized carbons (Fsp3) is 0.909. The molecule has 1 spiro atoms. The number of hydrogen-bond donors (Lipinski definition) is 5. The average molecular weight is 408 g/mol. The van der Waals surface area contributed by atoms with Gasteiger partial charge in [0.05, 0.1) is 30.5 Å². The number of aliphatic hydroxyl groups excluding tert-OH is 3. The number of hydrogen-bond acceptors (Lipinski definition) is 7. The second kappa shape index (κ2) is 5.26. The van der Waals surface area contributed by atoms with Gasteiger partial charge in [0.2, 0.25) is 0 Å². The number of aliphatic hydroxyl groups is 5. The zero-order valence-corrected chi connectivity index (χ0v) is 17.3. The summed E-state index contributed by atoms with van der Waals surface area (Å²) in [5, 5.41) is 58.9. The van der Waals surface area contributed by atoms with Gasteiger partial charge in [0.15, 0.2) is 0 Å². The molecule has 5 fully saturated rings. The third-order valence-corrected chi connectivity index (χ3v) is 10.3. The highest BCUT2D eigenvalue weighted by Crippen LogP contribution is 2.78. The van der Waals surface area contributed by atoms with Gasteiger partial charge in [-0.2, -0.15) is 0 Å². The molecule has 1 heterocycles. The highest BCUT2D eigenvalue weighted by Gasteiger charge is 2.90. The van der Waals surface area contributed by atoms with Gasteiger partial charge in [0.1, 0.15) is 11.2 Å². The monoisotopic (exact) mass is 407 g/mol. The maximum absolute atomic E-state index is 12.3. The van der Waals surface area contributed by atoms with Crippen LogP contribution < -0.4 is 0 Å². The molecule has 1 aliphatic heterocycles. The fourth-order valence-electron chi connectivity index (χ4n) is 9.68. The largest absolute Gasteiger partial charge is 0.392 e. The molecule has 7 bridgehead atoms. The maximum atomic E-state index is 12.3. The Kier molecular flexibility index (Phi) is 3.48. The SMILES string of the molecule is CCN1C[C@]2(C)C=C[C@H](O)[C@@]34[C@@H]5C[C@H]6[C@H](O)[C@@H]5[C@](O)(C[C@@H]6OC)[C@](O)([C@@H](O)[C@@H]32)[C@@H]14. The molecule has 5 aliphatic carbocycles. The first-order valence-electron chi connectivity index (χ1n) is 11.1. The van der Waals surface area contributed by atoms with E-state index in [4.69, 9.17) is 4.74 Å². The van der Waals surface area contributed by atoms with E-state index < -0.39 is 52.3 Å². The van der Waals surface area contributed by atoms with Gasteiger partial charge < -0.3 is 30.3 Å². The smallest absolute Gasteiger partial charge is 0.136 e. The number of ether oxygens (including phenoxy) is 1. The summed E-state index contributed by atoms with van der Waals surface area (Å²) in [5.41, 5.74) is -4.74. The van der Waals surface area contributed by atoms with Crippen LogP contribution in [0, 0.1) is 34.5 Å². The Labute approximate surface area is 171 Å². The molecule has 1 saturated heterocycles. The Morgan fingerprint density at radius 3 is 2.59 bits per heavy atom. The van der Waals surface area contributed by atoms with Gasteiger partial charge in [-0.15, -0.1) is 0 Å². The van der Waals surface area contributed by atoms with Crippen LogP contribution in [0.15, 0.2) is 12.2 Å². The van der Waals surface area contributed by atoms with E-state index in [-0.39, 0.29) is 30.3 Å². The summed E-state index contributed by atoms with van der Waals surface area (Å²) in [6.07, 6.45) is 1.41. The van der Waals surface area contributed by atoms with E-state index in [1.54, 1.807) is 7.11 Å². The first kappa shape index (κ1) is 19.2. The highest BCUT2D eigenvalue weighted by molar-refractivity contribution is 5.43. The van der Waals surface area contributed by atoms with Gasteiger partial charge in [-0.25, -0.2) is 0 Å². The summed E-state index contributed by atoms with van der Waals surface area (Å²) in [6, 6.07) is -0.569. The Balaban J connectivity index is 1.68. The Bertz CT molecular complexity index is 791. The molecular weight excluding hydrogens is 374 g/mol. The Morgan fingerprint density at radius 2 is 1.93 bits per heavy atom. The van der Waals surface area contributed by atoms with Crippen molar-refractivity contribution in [3.05, 3.63) is 12.2 Å². The molecule has 0 aromatic rings. The first-order valence-corrected chi connectivity index (χ1v) is 11.1. The van der Waals surface area contributed by atoms with Crippen molar-refractivity contribution < 1.29 is 30.3 Å². The predicted molar refractivity (Wildman–Crippen MR) is 103 cm³/mol. The zero-order valence-electron chi connectivity index (χ0n) is 17.3. The minimum atomic E-state index is -1.84. The van der Waals surface area contributed by atoms with Crippen LogP contribution in [0.25, 0.3) is 0 Å². The number of likely N-dealkylation sites (tertiary alicyclic amines) is 1. The Hall–Kier alpha value is -0.540. The van der Waals surface area contributed by atoms with Crippen molar-refractivity contribution in [3.8, 4) is 0 Å². The van der Waals surface area contributed by atoms with E-state index in [0.717, 1.165) is 0 Å². The molecule has 6 aliphatic rings. The molecule has 13 atom stereocenters. The molecule has 7 heteroatoms. The fourth-order valence-corrected chi connectivity index (χ4v) is 9.68. The highest BCUT2D eigenvalue weighted by atomic mass is 16.5. The number of rotatable bonds is 2. The van der Waals surface area contributed by atoms with Gasteiger partial charge in [0, 0.05) is 48.7 Å². The molecule has 6 rings (SSSR count). The minimum absolute atomic E-state index is 0.134. The molecule has 7 nitrogen and oxygen atoms in total. The van der Waals surface area contributed by atoms with E-state index in [9.17, 15) is 25.5 Å². The maximum Gasteiger partial charge on any atom is 0.136 e. The molecule has 0 unspecified atom stereocenters. The second-order valence-corrected chi connectivity index (χ2v) is 10.9. The minimum Gasteiger partial charge on any atom is -0.392 e. The van der Waals surface area contributed by atoms with E-state index in [1.807, 2.05) is 19.1 Å². The molecule has 0 amide bonds. The molecule has 29 heavy (non-hydrogen) atoms. The Morgan fingerprint density at radius 1 is 1.21 bits per heavy atom. The lowest BCUT2D eigenvalue weighted by atomic mass is 9.44. The van der Waals surface area contributed by atoms with Crippen LogP contribution in [0.5, 0.6) is 0 Å².